The van der Waals surface area contributed by atoms with Crippen LogP contribution in [0.4, 0.5) is 0 Å². The van der Waals surface area contributed by atoms with Gasteiger partial charge in [-0.25, -0.2) is 0 Å². The lowest BCUT2D eigenvalue weighted by Crippen LogP contribution is -2.46. The van der Waals surface area contributed by atoms with Gasteiger partial charge >= 0.3 is 0 Å². The Kier molecular flexibility index (Phi) is 7.03. The van der Waals surface area contributed by atoms with Crippen molar-refractivity contribution < 1.29 is 14.6 Å². The number of nitrogens with one attached hydrogen (secondary N) is 2. The summed E-state index contributed by atoms with van der Waals surface area (Å²) in [4.78, 5) is 21.5. The molecule has 0 spiro atoms. The van der Waals surface area contributed by atoms with Gasteiger partial charge in [0, 0.05) is 42.7 Å². The average molecular weight is 515 g/mol. The van der Waals surface area contributed by atoms with Crippen molar-refractivity contribution in [3.05, 3.63) is 77.1 Å². The summed E-state index contributed by atoms with van der Waals surface area (Å²) in [5, 5.41) is 22.6. The van der Waals surface area contributed by atoms with Crippen molar-refractivity contribution in [3.8, 4) is 5.75 Å². The van der Waals surface area contributed by atoms with Gasteiger partial charge < -0.3 is 20.5 Å². The molecule has 198 valence electrons. The van der Waals surface area contributed by atoms with E-state index in [0.29, 0.717) is 47.4 Å². The van der Waals surface area contributed by atoms with Crippen molar-refractivity contribution in [1.82, 2.24) is 20.6 Å². The van der Waals surface area contributed by atoms with Gasteiger partial charge in [0.25, 0.3) is 5.91 Å². The van der Waals surface area contributed by atoms with Gasteiger partial charge in [-0.1, -0.05) is 12.1 Å². The molecule has 2 saturated carbocycles. The van der Waals surface area contributed by atoms with Crippen molar-refractivity contribution in [3.63, 3.8) is 0 Å². The zero-order valence-electron chi connectivity index (χ0n) is 22.1. The van der Waals surface area contributed by atoms with Crippen molar-refractivity contribution >= 4 is 24.1 Å². The summed E-state index contributed by atoms with van der Waals surface area (Å²) < 4.78 is 6.05. The highest BCUT2D eigenvalue weighted by Crippen LogP contribution is 2.37. The summed E-state index contributed by atoms with van der Waals surface area (Å²) in [6.07, 6.45) is 8.66. The third-order valence-corrected chi connectivity index (χ3v) is 7.08. The van der Waals surface area contributed by atoms with Crippen LogP contribution in [0.3, 0.4) is 0 Å². The van der Waals surface area contributed by atoms with E-state index in [9.17, 15) is 9.90 Å². The summed E-state index contributed by atoms with van der Waals surface area (Å²) in [6.45, 7) is 10.2. The van der Waals surface area contributed by atoms with Crippen LogP contribution < -0.4 is 15.4 Å². The number of benzene rings is 1. The van der Waals surface area contributed by atoms with Gasteiger partial charge in [-0.3, -0.25) is 9.78 Å². The second-order valence-electron chi connectivity index (χ2n) is 10.6. The lowest BCUT2D eigenvalue weighted by atomic mass is 9.72. The van der Waals surface area contributed by atoms with Crippen LogP contribution in [0.25, 0.3) is 5.57 Å². The molecule has 0 saturated heterocycles. The highest BCUT2D eigenvalue weighted by Gasteiger charge is 2.38. The molecule has 38 heavy (non-hydrogen) atoms. The Hall–Kier alpha value is -3.98. The molecule has 1 aromatic heterocycles. The zero-order valence-corrected chi connectivity index (χ0v) is 22.1. The number of pyridine rings is 1. The largest absolute Gasteiger partial charge is 0.437 e. The fraction of sp³-hybridized carbons (Fsp3) is 0.379. The van der Waals surface area contributed by atoms with E-state index in [1.54, 1.807) is 29.5 Å². The Bertz CT molecular complexity index is 1320. The Morgan fingerprint density at radius 3 is 2.74 bits per heavy atom. The summed E-state index contributed by atoms with van der Waals surface area (Å²) in [5.41, 5.74) is 2.72. The first-order chi connectivity index (χ1) is 18.2. The predicted molar refractivity (Wildman–Crippen MR) is 147 cm³/mol. The molecular formula is C29H34N6O3. The standard InChI is InChI=1S/C29H34N6O3/c1-18-12-21(7-10-24(18)28(36)33-22-8-9-22)19(2)27-34-26(38-23-6-5-11-31-17-23)13-25(35(27)30-4)32-16-20-14-29(3,37)15-20/h5-7,10-13,17,20,22,32,37H,4,8-9,14-16H2,1-3H3,(H,33,36)/b27-19+. The first kappa shape index (κ1) is 25.7. The van der Waals surface area contributed by atoms with Crippen molar-refractivity contribution in [1.29, 1.82) is 0 Å². The number of aliphatic imine (C=N–C) groups is 1. The Labute approximate surface area is 223 Å². The minimum atomic E-state index is -0.596. The topological polar surface area (TPSA) is 111 Å². The van der Waals surface area contributed by atoms with Gasteiger partial charge in [-0.2, -0.15) is 15.1 Å². The number of aliphatic hydroxyl groups is 1. The fourth-order valence-corrected chi connectivity index (χ4v) is 4.92. The number of carbonyl (C=O) groups excluding carboxylic acids is 1. The summed E-state index contributed by atoms with van der Waals surface area (Å²) >= 11 is 0. The van der Waals surface area contributed by atoms with Gasteiger partial charge in [-0.05, 0) is 81.7 Å². The molecule has 3 N–H and O–H groups in total. The van der Waals surface area contributed by atoms with Crippen LogP contribution in [0.5, 0.6) is 5.75 Å². The highest BCUT2D eigenvalue weighted by molar-refractivity contribution is 5.96. The minimum absolute atomic E-state index is 0.0384. The van der Waals surface area contributed by atoms with E-state index in [1.165, 1.54) is 0 Å². The summed E-state index contributed by atoms with van der Waals surface area (Å²) in [6, 6.07) is 9.69. The number of hydrazone groups is 1. The molecule has 0 radical (unpaired) electrons. The van der Waals surface area contributed by atoms with Crippen LogP contribution in [0, 0.1) is 12.8 Å². The molecule has 1 aliphatic heterocycles. The first-order valence-electron chi connectivity index (χ1n) is 13.0. The quantitative estimate of drug-likeness (QED) is 0.460. The molecule has 0 bridgehead atoms. The second-order valence-corrected chi connectivity index (χ2v) is 10.6. The lowest BCUT2D eigenvalue weighted by Gasteiger charge is -2.41. The molecule has 9 heteroatoms. The van der Waals surface area contributed by atoms with E-state index in [1.807, 2.05) is 45.0 Å². The lowest BCUT2D eigenvalue weighted by molar-refractivity contribution is -0.0557. The number of ether oxygens (including phenoxy) is 1. The van der Waals surface area contributed by atoms with E-state index < -0.39 is 5.60 Å². The maximum Gasteiger partial charge on any atom is 0.251 e. The number of allylic oxidation sites excluding steroid dienone is 1. The van der Waals surface area contributed by atoms with Crippen molar-refractivity contribution in [2.75, 3.05) is 6.54 Å². The van der Waals surface area contributed by atoms with Crippen LogP contribution in [0.2, 0.25) is 0 Å². The second kappa shape index (κ2) is 10.4. The Balaban J connectivity index is 1.45. The van der Waals surface area contributed by atoms with E-state index in [2.05, 4.69) is 27.4 Å². The van der Waals surface area contributed by atoms with Crippen LogP contribution in [0.15, 0.2) is 70.5 Å². The highest BCUT2D eigenvalue weighted by atomic mass is 16.5. The number of aryl methyl sites for hydroxylation is 1. The number of amides is 1. The molecule has 0 unspecified atom stereocenters. The minimum Gasteiger partial charge on any atom is -0.437 e. The third kappa shape index (κ3) is 5.78. The Morgan fingerprint density at radius 1 is 1.32 bits per heavy atom. The van der Waals surface area contributed by atoms with Crippen LogP contribution in [0.1, 0.15) is 61.0 Å². The molecule has 9 nitrogen and oxygen atoms in total. The maximum atomic E-state index is 12.6. The molecule has 2 heterocycles. The SMILES string of the molecule is C=NN1C(NCC2CC(C)(O)C2)=CC(Oc2cccnc2)=N/C1=C(/C)c1ccc(C(=O)NC2CC2)c(C)c1. The van der Waals surface area contributed by atoms with E-state index >= 15 is 0 Å². The Morgan fingerprint density at radius 2 is 2.11 bits per heavy atom. The van der Waals surface area contributed by atoms with Crippen molar-refractivity contribution in [2.45, 2.75) is 58.1 Å². The molecule has 3 aliphatic rings. The molecular weight excluding hydrogens is 480 g/mol. The molecule has 2 aliphatic carbocycles. The number of hydrogen-bond donors (Lipinski definition) is 3. The van der Waals surface area contributed by atoms with Gasteiger partial charge in [0.2, 0.25) is 5.90 Å². The third-order valence-electron chi connectivity index (χ3n) is 7.08. The summed E-state index contributed by atoms with van der Waals surface area (Å²) in [7, 11) is 0. The predicted octanol–water partition coefficient (Wildman–Crippen LogP) is 3.97. The zero-order chi connectivity index (χ0) is 26.9. The monoisotopic (exact) mass is 514 g/mol. The molecule has 1 aromatic carbocycles. The average Bonchev–Trinajstić information content (AvgIpc) is 3.69. The van der Waals surface area contributed by atoms with Gasteiger partial charge in [0.15, 0.2) is 5.82 Å². The van der Waals surface area contributed by atoms with Gasteiger partial charge in [0.1, 0.15) is 11.6 Å². The number of carbonyl (C=O) groups is 1. The smallest absolute Gasteiger partial charge is 0.251 e. The molecule has 2 fully saturated rings. The fourth-order valence-electron chi connectivity index (χ4n) is 4.92. The number of rotatable bonds is 8. The van der Waals surface area contributed by atoms with Crippen molar-refractivity contribution in [2.24, 2.45) is 16.0 Å². The van der Waals surface area contributed by atoms with Crippen LogP contribution >= 0.6 is 0 Å². The summed E-state index contributed by atoms with van der Waals surface area (Å²) in [5.74, 6) is 2.49. The normalized spacial score (nSPS) is 24.0. The molecule has 5 rings (SSSR count). The maximum absolute atomic E-state index is 12.6. The first-order valence-corrected chi connectivity index (χ1v) is 13.0. The van der Waals surface area contributed by atoms with Gasteiger partial charge in [-0.15, -0.1) is 0 Å². The van der Waals surface area contributed by atoms with Gasteiger partial charge in [0.05, 0.1) is 11.8 Å². The van der Waals surface area contributed by atoms with Crippen LogP contribution in [-0.4, -0.2) is 51.8 Å². The molecule has 1 amide bonds. The van der Waals surface area contributed by atoms with E-state index in [4.69, 9.17) is 9.73 Å². The number of aromatic nitrogens is 1. The molecule has 0 atom stereocenters. The van der Waals surface area contributed by atoms with Crippen LogP contribution in [-0.2, 0) is 0 Å². The number of nitrogens with zero attached hydrogens (tertiary/aromatic N) is 4. The number of hydrogen-bond acceptors (Lipinski definition) is 8. The molecule has 2 aromatic rings. The van der Waals surface area contributed by atoms with E-state index in [-0.39, 0.29) is 5.91 Å². The van der Waals surface area contributed by atoms with E-state index in [0.717, 1.165) is 42.4 Å².